The predicted octanol–water partition coefficient (Wildman–Crippen LogP) is 6.42. The molecule has 1 atom stereocenters. The van der Waals surface area contributed by atoms with Gasteiger partial charge in [-0.05, 0) is 35.9 Å². The lowest BCUT2D eigenvalue weighted by Gasteiger charge is -2.16. The van der Waals surface area contributed by atoms with E-state index >= 15 is 0 Å². The highest BCUT2D eigenvalue weighted by molar-refractivity contribution is 8.00. The molecule has 6 heteroatoms. The van der Waals surface area contributed by atoms with Gasteiger partial charge in [0.1, 0.15) is 5.25 Å². The Morgan fingerprint density at radius 3 is 2.44 bits per heavy atom. The molecule has 27 heavy (non-hydrogen) atoms. The van der Waals surface area contributed by atoms with E-state index in [1.54, 1.807) is 6.07 Å². The van der Waals surface area contributed by atoms with Gasteiger partial charge in [-0.3, -0.25) is 4.79 Å². The summed E-state index contributed by atoms with van der Waals surface area (Å²) in [7, 11) is 0. The highest BCUT2D eigenvalue weighted by atomic mass is 35.5. The SMILES string of the molecule is O=C(Nc1nc2ccc(Cl)cc2s1)[C@@H](Sc1ccccc1)c1ccccc1. The molecule has 0 saturated carbocycles. The van der Waals surface area contributed by atoms with E-state index in [-0.39, 0.29) is 11.2 Å². The second-order valence-corrected chi connectivity index (χ2v) is 8.49. The highest BCUT2D eigenvalue weighted by Gasteiger charge is 2.23. The first-order valence-corrected chi connectivity index (χ1v) is 10.4. The van der Waals surface area contributed by atoms with Gasteiger partial charge < -0.3 is 5.32 Å². The summed E-state index contributed by atoms with van der Waals surface area (Å²) in [6, 6.07) is 25.2. The number of nitrogens with zero attached hydrogens (tertiary/aromatic N) is 1. The number of nitrogens with one attached hydrogen (secondary N) is 1. The Morgan fingerprint density at radius 2 is 1.70 bits per heavy atom. The molecule has 0 aliphatic rings. The van der Waals surface area contributed by atoms with Crippen LogP contribution in [0.2, 0.25) is 5.02 Å². The van der Waals surface area contributed by atoms with E-state index < -0.39 is 0 Å². The van der Waals surface area contributed by atoms with Gasteiger partial charge in [-0.1, -0.05) is 71.5 Å². The minimum absolute atomic E-state index is 0.0970. The van der Waals surface area contributed by atoms with Crippen molar-refractivity contribution >= 4 is 56.0 Å². The van der Waals surface area contributed by atoms with Crippen LogP contribution in [0.15, 0.2) is 83.8 Å². The standard InChI is InChI=1S/C21H15ClN2OS2/c22-15-11-12-17-18(13-15)27-21(23-17)24-20(25)19(14-7-3-1-4-8-14)26-16-9-5-2-6-10-16/h1-13,19H,(H,23,24,25)/t19-/m0/s1. The van der Waals surface area contributed by atoms with Gasteiger partial charge in [-0.15, -0.1) is 11.8 Å². The molecule has 3 nitrogen and oxygen atoms in total. The van der Waals surface area contributed by atoms with E-state index in [1.807, 2.05) is 72.8 Å². The Bertz CT molecular complexity index is 1070. The van der Waals surface area contributed by atoms with Crippen molar-refractivity contribution in [3.63, 3.8) is 0 Å². The molecule has 1 aromatic heterocycles. The molecule has 3 aromatic carbocycles. The largest absolute Gasteiger partial charge is 0.301 e. The molecule has 4 rings (SSSR count). The first-order chi connectivity index (χ1) is 13.2. The van der Waals surface area contributed by atoms with E-state index in [9.17, 15) is 4.79 Å². The summed E-state index contributed by atoms with van der Waals surface area (Å²) in [5.74, 6) is -0.0970. The van der Waals surface area contributed by atoms with Crippen LogP contribution in [-0.4, -0.2) is 10.9 Å². The predicted molar refractivity (Wildman–Crippen MR) is 115 cm³/mol. The summed E-state index contributed by atoms with van der Waals surface area (Å²) in [6.45, 7) is 0. The van der Waals surface area contributed by atoms with E-state index in [2.05, 4.69) is 10.3 Å². The molecule has 0 saturated heterocycles. The lowest BCUT2D eigenvalue weighted by Crippen LogP contribution is -2.18. The maximum atomic E-state index is 13.1. The Hall–Kier alpha value is -2.34. The molecule has 134 valence electrons. The molecule has 0 fully saturated rings. The summed E-state index contributed by atoms with van der Waals surface area (Å²) in [6.07, 6.45) is 0. The number of hydrogen-bond acceptors (Lipinski definition) is 4. The van der Waals surface area contributed by atoms with Crippen molar-refractivity contribution < 1.29 is 4.79 Å². The maximum absolute atomic E-state index is 13.1. The quantitative estimate of drug-likeness (QED) is 0.386. The van der Waals surface area contributed by atoms with Crippen molar-refractivity contribution in [3.05, 3.63) is 89.4 Å². The summed E-state index contributed by atoms with van der Waals surface area (Å²) < 4.78 is 0.949. The fourth-order valence-electron chi connectivity index (χ4n) is 2.66. The van der Waals surface area contributed by atoms with E-state index in [0.29, 0.717) is 10.2 Å². The van der Waals surface area contributed by atoms with Crippen LogP contribution in [0, 0.1) is 0 Å². The third-order valence-corrected chi connectivity index (χ3v) is 6.35. The Morgan fingerprint density at radius 1 is 1.00 bits per heavy atom. The molecular formula is C21H15ClN2OS2. The van der Waals surface area contributed by atoms with E-state index in [1.165, 1.54) is 23.1 Å². The topological polar surface area (TPSA) is 42.0 Å². The number of hydrogen-bond donors (Lipinski definition) is 1. The molecule has 1 N–H and O–H groups in total. The van der Waals surface area contributed by atoms with Crippen molar-refractivity contribution in [1.82, 2.24) is 4.98 Å². The second kappa shape index (κ2) is 8.13. The zero-order chi connectivity index (χ0) is 18.6. The zero-order valence-corrected chi connectivity index (χ0v) is 16.5. The molecule has 4 aromatic rings. The minimum atomic E-state index is -0.371. The summed E-state index contributed by atoms with van der Waals surface area (Å²) in [4.78, 5) is 18.6. The lowest BCUT2D eigenvalue weighted by atomic mass is 10.1. The number of thiazole rings is 1. The number of anilines is 1. The van der Waals surface area contributed by atoms with Crippen molar-refractivity contribution in [2.75, 3.05) is 5.32 Å². The van der Waals surface area contributed by atoms with Gasteiger partial charge in [-0.25, -0.2) is 4.98 Å². The number of fused-ring (bicyclic) bond motifs is 1. The maximum Gasteiger partial charge on any atom is 0.244 e. The number of aromatic nitrogens is 1. The Labute approximate surface area is 170 Å². The van der Waals surface area contributed by atoms with Gasteiger partial charge >= 0.3 is 0 Å². The number of carbonyl (C=O) groups excluding carboxylic acids is 1. The summed E-state index contributed by atoms with van der Waals surface area (Å²) >= 11 is 8.99. The lowest BCUT2D eigenvalue weighted by molar-refractivity contribution is -0.115. The van der Waals surface area contributed by atoms with Gasteiger partial charge in [0.05, 0.1) is 10.2 Å². The van der Waals surface area contributed by atoms with E-state index in [4.69, 9.17) is 11.6 Å². The van der Waals surface area contributed by atoms with Crippen molar-refractivity contribution in [2.24, 2.45) is 0 Å². The van der Waals surface area contributed by atoms with Gasteiger partial charge in [0.25, 0.3) is 0 Å². The third-order valence-electron chi connectivity index (χ3n) is 3.92. The smallest absolute Gasteiger partial charge is 0.244 e. The molecular weight excluding hydrogens is 396 g/mol. The highest BCUT2D eigenvalue weighted by Crippen LogP contribution is 2.37. The number of halogens is 1. The number of carbonyl (C=O) groups is 1. The molecule has 0 spiro atoms. The zero-order valence-electron chi connectivity index (χ0n) is 14.1. The van der Waals surface area contributed by atoms with Crippen LogP contribution in [0.25, 0.3) is 10.2 Å². The molecule has 1 heterocycles. The van der Waals surface area contributed by atoms with Crippen LogP contribution in [-0.2, 0) is 4.79 Å². The first-order valence-electron chi connectivity index (χ1n) is 8.33. The Balaban J connectivity index is 1.61. The van der Waals surface area contributed by atoms with Crippen molar-refractivity contribution in [2.45, 2.75) is 10.1 Å². The molecule has 0 aliphatic carbocycles. The fraction of sp³-hybridized carbons (Fsp3) is 0.0476. The van der Waals surface area contributed by atoms with Crippen LogP contribution < -0.4 is 5.32 Å². The van der Waals surface area contributed by atoms with Crippen molar-refractivity contribution in [1.29, 1.82) is 0 Å². The van der Waals surface area contributed by atoms with Gasteiger partial charge in [0.15, 0.2) is 5.13 Å². The number of thioether (sulfide) groups is 1. The Kier molecular flexibility index (Phi) is 5.43. The third kappa shape index (κ3) is 4.33. The monoisotopic (exact) mass is 410 g/mol. The normalized spacial score (nSPS) is 12.0. The van der Waals surface area contributed by atoms with Gasteiger partial charge in [-0.2, -0.15) is 0 Å². The average Bonchev–Trinajstić information content (AvgIpc) is 3.08. The molecule has 0 radical (unpaired) electrons. The van der Waals surface area contributed by atoms with Crippen LogP contribution in [0.5, 0.6) is 0 Å². The van der Waals surface area contributed by atoms with Gasteiger partial charge in [0, 0.05) is 9.92 Å². The summed E-state index contributed by atoms with van der Waals surface area (Å²) in [5, 5.41) is 3.84. The van der Waals surface area contributed by atoms with Crippen LogP contribution in [0.4, 0.5) is 5.13 Å². The summed E-state index contributed by atoms with van der Waals surface area (Å²) in [5.41, 5.74) is 1.78. The number of rotatable bonds is 5. The molecule has 1 amide bonds. The minimum Gasteiger partial charge on any atom is -0.301 e. The van der Waals surface area contributed by atoms with E-state index in [0.717, 1.165) is 20.7 Å². The molecule has 0 aliphatic heterocycles. The van der Waals surface area contributed by atoms with Crippen LogP contribution >= 0.6 is 34.7 Å². The number of benzene rings is 3. The van der Waals surface area contributed by atoms with Gasteiger partial charge in [0.2, 0.25) is 5.91 Å². The van der Waals surface area contributed by atoms with Crippen molar-refractivity contribution in [3.8, 4) is 0 Å². The average molecular weight is 411 g/mol. The fourth-order valence-corrected chi connectivity index (χ4v) is 4.85. The molecule has 0 unspecified atom stereocenters. The van der Waals surface area contributed by atoms with Crippen LogP contribution in [0.1, 0.15) is 10.8 Å². The first kappa shape index (κ1) is 18.0. The second-order valence-electron chi connectivity index (χ2n) is 5.84. The number of amides is 1. The van der Waals surface area contributed by atoms with Crippen LogP contribution in [0.3, 0.4) is 0 Å². The molecule has 0 bridgehead atoms.